The van der Waals surface area contributed by atoms with Gasteiger partial charge in [-0.1, -0.05) is 12.1 Å². The van der Waals surface area contributed by atoms with Crippen molar-refractivity contribution in [3.63, 3.8) is 0 Å². The number of hydrogen-bond acceptors (Lipinski definition) is 2. The molecule has 6 heteroatoms. The molecule has 0 aromatic heterocycles. The van der Waals surface area contributed by atoms with Crippen LogP contribution < -0.4 is 4.72 Å². The lowest BCUT2D eigenvalue weighted by Gasteiger charge is -2.07. The number of nitrogens with zero attached hydrogens (tertiary/aromatic N) is 1. The number of benzene rings is 1. The number of aryl methyl sites for hydroxylation is 1. The Morgan fingerprint density at radius 2 is 2.12 bits per heavy atom. The first kappa shape index (κ1) is 11.5. The number of nitrogens with one attached hydrogen (secondary N) is 1. The molecule has 2 rings (SSSR count). The standard InChI is InChI=1S/C10H13FN2O2S/c1-8-6-9(2-3-10(8)11)7-12-16(14,15)13-4-5-13/h2-3,6,12H,4-5,7H2,1H3. The summed E-state index contributed by atoms with van der Waals surface area (Å²) in [5, 5.41) is 0. The van der Waals surface area contributed by atoms with Gasteiger partial charge in [0.2, 0.25) is 0 Å². The maximum atomic E-state index is 13.0. The molecule has 1 aromatic carbocycles. The van der Waals surface area contributed by atoms with Crippen LogP contribution in [0.15, 0.2) is 18.2 Å². The van der Waals surface area contributed by atoms with E-state index in [0.717, 1.165) is 5.56 Å². The molecule has 0 unspecified atom stereocenters. The van der Waals surface area contributed by atoms with Crippen LogP contribution in [0.25, 0.3) is 0 Å². The number of hydrogen-bond donors (Lipinski definition) is 1. The molecule has 1 aromatic rings. The fraction of sp³-hybridized carbons (Fsp3) is 0.400. The van der Waals surface area contributed by atoms with Gasteiger partial charge in [-0.25, -0.2) is 4.39 Å². The van der Waals surface area contributed by atoms with Crippen molar-refractivity contribution in [2.75, 3.05) is 13.1 Å². The number of halogens is 1. The lowest BCUT2D eigenvalue weighted by Crippen LogP contribution is -2.29. The molecule has 1 heterocycles. The summed E-state index contributed by atoms with van der Waals surface area (Å²) >= 11 is 0. The molecule has 4 nitrogen and oxygen atoms in total. The highest BCUT2D eigenvalue weighted by molar-refractivity contribution is 7.87. The smallest absolute Gasteiger partial charge is 0.207 e. The van der Waals surface area contributed by atoms with E-state index in [-0.39, 0.29) is 12.4 Å². The highest BCUT2D eigenvalue weighted by Crippen LogP contribution is 2.12. The fourth-order valence-corrected chi connectivity index (χ4v) is 2.46. The second-order valence-electron chi connectivity index (χ2n) is 3.81. The van der Waals surface area contributed by atoms with Crippen LogP contribution in [0.4, 0.5) is 4.39 Å². The Labute approximate surface area is 94.3 Å². The van der Waals surface area contributed by atoms with Crippen molar-refractivity contribution in [3.05, 3.63) is 35.1 Å². The van der Waals surface area contributed by atoms with Gasteiger partial charge in [0, 0.05) is 19.6 Å². The van der Waals surface area contributed by atoms with E-state index < -0.39 is 10.2 Å². The van der Waals surface area contributed by atoms with E-state index in [1.807, 2.05) is 0 Å². The lowest BCUT2D eigenvalue weighted by molar-refractivity contribution is 0.546. The van der Waals surface area contributed by atoms with E-state index in [2.05, 4.69) is 4.72 Å². The van der Waals surface area contributed by atoms with Crippen molar-refractivity contribution < 1.29 is 12.8 Å². The summed E-state index contributed by atoms with van der Waals surface area (Å²) in [6.07, 6.45) is 0. The van der Waals surface area contributed by atoms with E-state index in [1.165, 1.54) is 10.4 Å². The lowest BCUT2D eigenvalue weighted by atomic mass is 10.1. The molecule has 1 N–H and O–H groups in total. The van der Waals surface area contributed by atoms with Crippen molar-refractivity contribution in [1.82, 2.24) is 9.03 Å². The van der Waals surface area contributed by atoms with Gasteiger partial charge in [0.05, 0.1) is 0 Å². The Kier molecular flexibility index (Phi) is 2.96. The highest BCUT2D eigenvalue weighted by Gasteiger charge is 2.31. The second kappa shape index (κ2) is 4.12. The normalized spacial score (nSPS) is 16.4. The molecule has 0 saturated carbocycles. The van der Waals surface area contributed by atoms with Crippen molar-refractivity contribution in [3.8, 4) is 0 Å². The van der Waals surface area contributed by atoms with Crippen LogP contribution in [0.3, 0.4) is 0 Å². The maximum Gasteiger partial charge on any atom is 0.279 e. The second-order valence-corrected chi connectivity index (χ2v) is 5.56. The van der Waals surface area contributed by atoms with Gasteiger partial charge in [0.1, 0.15) is 5.82 Å². The average Bonchev–Trinajstić information content (AvgIpc) is 3.03. The molecule has 0 aliphatic carbocycles. The minimum absolute atomic E-state index is 0.194. The molecule has 0 spiro atoms. The molecule has 0 amide bonds. The van der Waals surface area contributed by atoms with Crippen molar-refractivity contribution >= 4 is 10.2 Å². The molecular formula is C10H13FN2O2S. The largest absolute Gasteiger partial charge is 0.279 e. The van der Waals surface area contributed by atoms with Gasteiger partial charge >= 0.3 is 0 Å². The topological polar surface area (TPSA) is 49.2 Å². The highest BCUT2D eigenvalue weighted by atomic mass is 32.2. The SMILES string of the molecule is Cc1cc(CNS(=O)(=O)N2CC2)ccc1F. The van der Waals surface area contributed by atoms with Crippen molar-refractivity contribution in [1.29, 1.82) is 0 Å². The molecule has 1 aliphatic rings. The number of rotatable bonds is 4. The van der Waals surface area contributed by atoms with Gasteiger partial charge < -0.3 is 0 Å². The summed E-state index contributed by atoms with van der Waals surface area (Å²) in [6.45, 7) is 3.01. The molecule has 0 bridgehead atoms. The van der Waals surface area contributed by atoms with Gasteiger partial charge in [-0.05, 0) is 24.1 Å². The Morgan fingerprint density at radius 3 is 2.69 bits per heavy atom. The Bertz CT molecular complexity index is 498. The first-order valence-corrected chi connectivity index (χ1v) is 6.43. The Balaban J connectivity index is 2.02. The van der Waals surface area contributed by atoms with Crippen molar-refractivity contribution in [2.45, 2.75) is 13.5 Å². The Hall–Kier alpha value is -0.980. The van der Waals surface area contributed by atoms with E-state index in [0.29, 0.717) is 18.7 Å². The Morgan fingerprint density at radius 1 is 1.44 bits per heavy atom. The molecular weight excluding hydrogens is 231 g/mol. The van der Waals surface area contributed by atoms with Gasteiger partial charge in [0.15, 0.2) is 0 Å². The zero-order chi connectivity index (χ0) is 11.8. The summed E-state index contributed by atoms with van der Waals surface area (Å²) in [7, 11) is -3.32. The fourth-order valence-electron chi connectivity index (χ4n) is 1.36. The van der Waals surface area contributed by atoms with Crippen LogP contribution in [0.2, 0.25) is 0 Å². The first-order valence-electron chi connectivity index (χ1n) is 4.99. The molecule has 88 valence electrons. The average molecular weight is 244 g/mol. The molecule has 0 radical (unpaired) electrons. The van der Waals surface area contributed by atoms with Crippen LogP contribution >= 0.6 is 0 Å². The van der Waals surface area contributed by atoms with Gasteiger partial charge in [-0.2, -0.15) is 17.4 Å². The van der Waals surface area contributed by atoms with Gasteiger partial charge in [-0.15, -0.1) is 0 Å². The predicted molar refractivity (Wildman–Crippen MR) is 58.5 cm³/mol. The summed E-state index contributed by atoms with van der Waals surface area (Å²) in [5.41, 5.74) is 1.27. The zero-order valence-corrected chi connectivity index (χ0v) is 9.72. The molecule has 16 heavy (non-hydrogen) atoms. The van der Waals surface area contributed by atoms with Crippen LogP contribution in [-0.4, -0.2) is 25.8 Å². The summed E-state index contributed by atoms with van der Waals surface area (Å²) in [6, 6.07) is 4.56. The summed E-state index contributed by atoms with van der Waals surface area (Å²) in [5.74, 6) is -0.280. The maximum absolute atomic E-state index is 13.0. The molecule has 0 atom stereocenters. The van der Waals surface area contributed by atoms with Crippen molar-refractivity contribution in [2.24, 2.45) is 0 Å². The summed E-state index contributed by atoms with van der Waals surface area (Å²) in [4.78, 5) is 0. The van der Waals surface area contributed by atoms with Gasteiger partial charge in [0.25, 0.3) is 10.2 Å². The van der Waals surface area contributed by atoms with Gasteiger partial charge in [-0.3, -0.25) is 0 Å². The van der Waals surface area contributed by atoms with E-state index in [1.54, 1.807) is 19.1 Å². The van der Waals surface area contributed by atoms with E-state index in [4.69, 9.17) is 0 Å². The van der Waals surface area contributed by atoms with Crippen LogP contribution in [0.1, 0.15) is 11.1 Å². The van der Waals surface area contributed by atoms with Crippen LogP contribution in [0, 0.1) is 12.7 Å². The van der Waals surface area contributed by atoms with E-state index in [9.17, 15) is 12.8 Å². The monoisotopic (exact) mass is 244 g/mol. The molecule has 1 fully saturated rings. The molecule has 1 saturated heterocycles. The third-order valence-electron chi connectivity index (χ3n) is 2.43. The van der Waals surface area contributed by atoms with Crippen LogP contribution in [0.5, 0.6) is 0 Å². The minimum atomic E-state index is -3.32. The summed E-state index contributed by atoms with van der Waals surface area (Å²) < 4.78 is 39.7. The first-order chi connectivity index (χ1) is 7.49. The quantitative estimate of drug-likeness (QED) is 0.796. The molecule has 1 aliphatic heterocycles. The zero-order valence-electron chi connectivity index (χ0n) is 8.90. The third kappa shape index (κ3) is 2.58. The third-order valence-corrected chi connectivity index (χ3v) is 3.98. The minimum Gasteiger partial charge on any atom is -0.207 e. The van der Waals surface area contributed by atoms with E-state index >= 15 is 0 Å². The van der Waals surface area contributed by atoms with Crippen LogP contribution in [-0.2, 0) is 16.8 Å². The predicted octanol–water partition coefficient (Wildman–Crippen LogP) is 0.784.